The number of nitrogens with one attached hydrogen (secondary N) is 1. The highest BCUT2D eigenvalue weighted by Gasteiger charge is 2.44. The van der Waals surface area contributed by atoms with Crippen LogP contribution in [0.15, 0.2) is 60.8 Å². The Kier molecular flexibility index (Phi) is 40.9. The molecule has 7 unspecified atom stereocenters. The van der Waals surface area contributed by atoms with Crippen molar-refractivity contribution in [1.82, 2.24) is 5.32 Å². The van der Waals surface area contributed by atoms with Gasteiger partial charge in [0.1, 0.15) is 24.4 Å². The van der Waals surface area contributed by atoms with E-state index in [-0.39, 0.29) is 12.5 Å². The van der Waals surface area contributed by atoms with Crippen molar-refractivity contribution in [2.24, 2.45) is 0 Å². The Bertz CT molecular complexity index is 1170. The van der Waals surface area contributed by atoms with Crippen LogP contribution < -0.4 is 5.32 Å². The van der Waals surface area contributed by atoms with Gasteiger partial charge in [-0.3, -0.25) is 4.79 Å². The molecule has 0 bridgehead atoms. The van der Waals surface area contributed by atoms with E-state index in [1.807, 2.05) is 0 Å². The lowest BCUT2D eigenvalue weighted by Gasteiger charge is -2.40. The molecule has 1 heterocycles. The zero-order valence-electron chi connectivity index (χ0n) is 40.3. The van der Waals surface area contributed by atoms with Crippen LogP contribution in [0.3, 0.4) is 0 Å². The molecule has 0 radical (unpaired) electrons. The third kappa shape index (κ3) is 33.9. The lowest BCUT2D eigenvalue weighted by atomic mass is 9.99. The fourth-order valence-corrected chi connectivity index (χ4v) is 8.01. The van der Waals surface area contributed by atoms with Crippen molar-refractivity contribution in [3.8, 4) is 0 Å². The minimum absolute atomic E-state index is 0.154. The number of ether oxygens (including phenoxy) is 2. The van der Waals surface area contributed by atoms with Crippen molar-refractivity contribution in [1.29, 1.82) is 0 Å². The van der Waals surface area contributed by atoms with E-state index in [1.54, 1.807) is 0 Å². The number of hydrogen-bond donors (Lipinski definition) is 6. The van der Waals surface area contributed by atoms with Gasteiger partial charge in [0.2, 0.25) is 5.91 Å². The second-order valence-corrected chi connectivity index (χ2v) is 17.9. The molecule has 1 rings (SSSR count). The molecule has 63 heavy (non-hydrogen) atoms. The van der Waals surface area contributed by atoms with Gasteiger partial charge in [-0.2, -0.15) is 0 Å². The standard InChI is InChI=1S/C54H97NO8/c1-3-5-7-9-11-13-15-17-19-21-23-24-26-27-29-31-33-35-37-39-41-43-48(57)47(46-62-54-53(61)52(60)51(59)49(45-56)63-54)55-50(58)44-42-40-38-36-34-32-30-28-25-22-20-18-16-14-12-10-8-6-4-2/h6,8,12,14,18,20,25,28,32,34,47-49,51-54,56-57,59-61H,3-5,7,9-11,13,15-17,19,21-24,26-27,29-31,33,35-46H2,1-2H3,(H,55,58)/b8-6-,14-12-,20-18-,28-25-,34-32-. The molecule has 1 aliphatic rings. The summed E-state index contributed by atoms with van der Waals surface area (Å²) in [5, 5.41) is 54.5. The van der Waals surface area contributed by atoms with Gasteiger partial charge < -0.3 is 40.3 Å². The molecule has 1 fully saturated rings. The van der Waals surface area contributed by atoms with E-state index in [4.69, 9.17) is 9.47 Å². The summed E-state index contributed by atoms with van der Waals surface area (Å²) in [6.07, 6.45) is 50.9. The number of allylic oxidation sites excluding steroid dienone is 10. The summed E-state index contributed by atoms with van der Waals surface area (Å²) in [5.41, 5.74) is 0. The van der Waals surface area contributed by atoms with Crippen LogP contribution in [0.2, 0.25) is 0 Å². The monoisotopic (exact) mass is 888 g/mol. The predicted octanol–water partition coefficient (Wildman–Crippen LogP) is 12.0. The van der Waals surface area contributed by atoms with Gasteiger partial charge in [-0.15, -0.1) is 0 Å². The third-order valence-electron chi connectivity index (χ3n) is 12.1. The van der Waals surface area contributed by atoms with Crippen molar-refractivity contribution in [3.63, 3.8) is 0 Å². The molecule has 0 spiro atoms. The van der Waals surface area contributed by atoms with Crippen molar-refractivity contribution in [2.75, 3.05) is 13.2 Å². The topological polar surface area (TPSA) is 149 Å². The van der Waals surface area contributed by atoms with Crippen molar-refractivity contribution < 1.29 is 39.8 Å². The number of rotatable bonds is 43. The molecule has 7 atom stereocenters. The number of hydrogen-bond acceptors (Lipinski definition) is 8. The Hall–Kier alpha value is -2.11. The van der Waals surface area contributed by atoms with Gasteiger partial charge in [0.15, 0.2) is 6.29 Å². The molecule has 9 heteroatoms. The van der Waals surface area contributed by atoms with Crippen LogP contribution in [-0.4, -0.2) is 87.5 Å². The molecule has 6 N–H and O–H groups in total. The van der Waals surface area contributed by atoms with E-state index >= 15 is 0 Å². The number of unbranched alkanes of at least 4 members (excludes halogenated alkanes) is 23. The van der Waals surface area contributed by atoms with E-state index in [0.717, 1.165) is 77.0 Å². The molecule has 0 aliphatic carbocycles. The Morgan fingerprint density at radius 1 is 0.556 bits per heavy atom. The Morgan fingerprint density at radius 3 is 1.44 bits per heavy atom. The third-order valence-corrected chi connectivity index (χ3v) is 12.1. The van der Waals surface area contributed by atoms with Crippen LogP contribution in [0, 0.1) is 0 Å². The van der Waals surface area contributed by atoms with Crippen molar-refractivity contribution in [2.45, 2.75) is 262 Å². The van der Waals surface area contributed by atoms with Crippen LogP contribution >= 0.6 is 0 Å². The summed E-state index contributed by atoms with van der Waals surface area (Å²) in [5.74, 6) is -0.176. The average Bonchev–Trinajstić information content (AvgIpc) is 3.28. The minimum Gasteiger partial charge on any atom is -0.394 e. The minimum atomic E-state index is -1.56. The molecule has 366 valence electrons. The summed E-state index contributed by atoms with van der Waals surface area (Å²) in [6.45, 7) is 3.71. The quantitative estimate of drug-likeness (QED) is 0.0262. The van der Waals surface area contributed by atoms with E-state index in [0.29, 0.717) is 12.8 Å². The highest BCUT2D eigenvalue weighted by molar-refractivity contribution is 5.76. The van der Waals surface area contributed by atoms with Crippen molar-refractivity contribution >= 4 is 5.91 Å². The molecule has 0 aromatic rings. The smallest absolute Gasteiger partial charge is 0.220 e. The summed E-state index contributed by atoms with van der Waals surface area (Å²) in [6, 6.07) is -0.740. The maximum absolute atomic E-state index is 13.0. The molecule has 0 saturated carbocycles. The number of aliphatic hydroxyl groups excluding tert-OH is 5. The van der Waals surface area contributed by atoms with E-state index in [1.165, 1.54) is 116 Å². The van der Waals surface area contributed by atoms with Gasteiger partial charge >= 0.3 is 0 Å². The van der Waals surface area contributed by atoms with Gasteiger partial charge in [0.05, 0.1) is 25.4 Å². The van der Waals surface area contributed by atoms with Gasteiger partial charge in [-0.1, -0.05) is 216 Å². The largest absolute Gasteiger partial charge is 0.394 e. The summed E-state index contributed by atoms with van der Waals surface area (Å²) in [4.78, 5) is 13.0. The zero-order chi connectivity index (χ0) is 45.9. The highest BCUT2D eigenvalue weighted by Crippen LogP contribution is 2.23. The molecular formula is C54H97NO8. The van der Waals surface area contributed by atoms with Gasteiger partial charge in [-0.05, 0) is 57.8 Å². The first-order valence-corrected chi connectivity index (χ1v) is 26.0. The van der Waals surface area contributed by atoms with Gasteiger partial charge in [0, 0.05) is 6.42 Å². The molecule has 0 aromatic heterocycles. The zero-order valence-corrected chi connectivity index (χ0v) is 40.3. The van der Waals surface area contributed by atoms with Crippen LogP contribution in [0.1, 0.15) is 219 Å². The molecule has 1 amide bonds. The lowest BCUT2D eigenvalue weighted by molar-refractivity contribution is -0.302. The summed E-state index contributed by atoms with van der Waals surface area (Å²) in [7, 11) is 0. The second kappa shape index (κ2) is 43.8. The highest BCUT2D eigenvalue weighted by atomic mass is 16.7. The predicted molar refractivity (Wildman–Crippen MR) is 262 cm³/mol. The molecule has 0 aromatic carbocycles. The number of aliphatic hydroxyl groups is 5. The van der Waals surface area contributed by atoms with E-state index in [2.05, 4.69) is 79.9 Å². The SMILES string of the molecule is CC/C=C\C/C=C\C/C=C\C/C=C\C/C=C\CCCCCC(=O)NC(COC1OC(CO)C(O)C(O)C1O)C(O)CCCCCCCCCCCCCCCCCCCCCCC. The van der Waals surface area contributed by atoms with Crippen molar-refractivity contribution in [3.05, 3.63) is 60.8 Å². The summed E-state index contributed by atoms with van der Waals surface area (Å²) >= 11 is 0. The molecule has 1 saturated heterocycles. The lowest BCUT2D eigenvalue weighted by Crippen LogP contribution is -2.60. The van der Waals surface area contributed by atoms with Crippen LogP contribution in [0.25, 0.3) is 0 Å². The Balaban J connectivity index is 2.30. The fourth-order valence-electron chi connectivity index (χ4n) is 8.01. The van der Waals surface area contributed by atoms with Gasteiger partial charge in [0.25, 0.3) is 0 Å². The first-order valence-electron chi connectivity index (χ1n) is 26.0. The Labute approximate surface area is 386 Å². The first-order chi connectivity index (χ1) is 30.8. The van der Waals surface area contributed by atoms with E-state index < -0.39 is 49.5 Å². The summed E-state index contributed by atoms with van der Waals surface area (Å²) < 4.78 is 11.3. The fraction of sp³-hybridized carbons (Fsp3) is 0.796. The molecular weight excluding hydrogens is 791 g/mol. The van der Waals surface area contributed by atoms with Crippen LogP contribution in [0.4, 0.5) is 0 Å². The second-order valence-electron chi connectivity index (χ2n) is 17.9. The molecule has 9 nitrogen and oxygen atoms in total. The van der Waals surface area contributed by atoms with Crippen LogP contribution in [0.5, 0.6) is 0 Å². The average molecular weight is 888 g/mol. The van der Waals surface area contributed by atoms with Gasteiger partial charge in [-0.25, -0.2) is 0 Å². The Morgan fingerprint density at radius 2 is 0.984 bits per heavy atom. The number of carbonyl (C=O) groups is 1. The maximum Gasteiger partial charge on any atom is 0.220 e. The first kappa shape index (κ1) is 58.9. The number of amides is 1. The van der Waals surface area contributed by atoms with E-state index in [9.17, 15) is 30.3 Å². The normalized spacial score (nSPS) is 20.7. The number of carbonyl (C=O) groups excluding carboxylic acids is 1. The van der Waals surface area contributed by atoms with Crippen LogP contribution in [-0.2, 0) is 14.3 Å². The maximum atomic E-state index is 13.0. The molecule has 1 aliphatic heterocycles.